The number of carbonyl (C=O) groups is 3. The van der Waals surface area contributed by atoms with Crippen LogP contribution in [-0.4, -0.2) is 32.7 Å². The molecule has 1 saturated carbocycles. The molecule has 0 bridgehead atoms. The lowest BCUT2D eigenvalue weighted by atomic mass is 9.62. The molecule has 0 aromatic carbocycles. The number of aromatic nitrogens is 1. The second-order valence-corrected chi connectivity index (χ2v) is 6.75. The van der Waals surface area contributed by atoms with Gasteiger partial charge in [0, 0.05) is 23.8 Å². The van der Waals surface area contributed by atoms with Crippen molar-refractivity contribution in [2.24, 2.45) is 23.5 Å². The van der Waals surface area contributed by atoms with Gasteiger partial charge < -0.3 is 15.9 Å². The first-order valence-electron chi connectivity index (χ1n) is 8.07. The van der Waals surface area contributed by atoms with Crippen LogP contribution in [0.4, 0.5) is 0 Å². The van der Waals surface area contributed by atoms with Crippen LogP contribution in [-0.2, 0) is 20.8 Å². The zero-order valence-corrected chi connectivity index (χ0v) is 13.2. The quantitative estimate of drug-likeness (QED) is 0.654. The van der Waals surface area contributed by atoms with Crippen molar-refractivity contribution in [2.75, 3.05) is 0 Å². The summed E-state index contributed by atoms with van der Waals surface area (Å²) in [5.74, 6) is -4.38. The van der Waals surface area contributed by atoms with Crippen LogP contribution in [0.15, 0.2) is 35.2 Å². The highest BCUT2D eigenvalue weighted by atomic mass is 16.3. The zero-order chi connectivity index (χ0) is 17.9. The van der Waals surface area contributed by atoms with Crippen molar-refractivity contribution < 1.29 is 24.6 Å². The fraction of sp³-hybridized carbons (Fsp3) is 0.333. The van der Waals surface area contributed by atoms with Crippen LogP contribution in [0, 0.1) is 17.8 Å². The van der Waals surface area contributed by atoms with Crippen LogP contribution in [0.2, 0.25) is 0 Å². The summed E-state index contributed by atoms with van der Waals surface area (Å²) in [6.07, 6.45) is 2.56. The lowest BCUT2D eigenvalue weighted by molar-refractivity contribution is -0.127. The summed E-state index contributed by atoms with van der Waals surface area (Å²) in [4.78, 5) is 40.9. The molecule has 1 fully saturated rings. The average Bonchev–Trinajstić information content (AvgIpc) is 2.53. The van der Waals surface area contributed by atoms with E-state index in [1.807, 2.05) is 0 Å². The second-order valence-electron chi connectivity index (χ2n) is 6.75. The number of rotatable bonds is 1. The maximum atomic E-state index is 13.0. The number of aliphatic hydroxyl groups is 2. The number of pyridine rings is 1. The number of nitrogens with zero attached hydrogens (tertiary/aromatic N) is 1. The molecule has 1 amide bonds. The maximum absolute atomic E-state index is 13.0. The molecule has 7 heteroatoms. The van der Waals surface area contributed by atoms with Crippen molar-refractivity contribution in [2.45, 2.75) is 19.3 Å². The summed E-state index contributed by atoms with van der Waals surface area (Å²) in [5, 5.41) is 21.0. The minimum Gasteiger partial charge on any atom is -0.511 e. The van der Waals surface area contributed by atoms with Crippen molar-refractivity contribution in [1.29, 1.82) is 0 Å². The molecule has 3 aliphatic carbocycles. The number of allylic oxidation sites excluding steroid dienone is 2. The molecule has 3 atom stereocenters. The Morgan fingerprint density at radius 3 is 2.72 bits per heavy atom. The number of fused-ring (bicyclic) bond motifs is 3. The van der Waals surface area contributed by atoms with Gasteiger partial charge in [-0.2, -0.15) is 0 Å². The molecular weight excluding hydrogens is 324 g/mol. The molecule has 3 unspecified atom stereocenters. The van der Waals surface area contributed by atoms with Gasteiger partial charge in [-0.3, -0.25) is 19.4 Å². The lowest BCUT2D eigenvalue weighted by Crippen LogP contribution is -2.44. The van der Waals surface area contributed by atoms with Gasteiger partial charge in [0.2, 0.25) is 0 Å². The molecule has 128 valence electrons. The van der Waals surface area contributed by atoms with Gasteiger partial charge in [-0.1, -0.05) is 0 Å². The third-order valence-electron chi connectivity index (χ3n) is 5.38. The van der Waals surface area contributed by atoms with E-state index >= 15 is 0 Å². The molecule has 1 aromatic heterocycles. The van der Waals surface area contributed by atoms with Crippen molar-refractivity contribution in [3.05, 3.63) is 46.5 Å². The van der Waals surface area contributed by atoms with E-state index in [2.05, 4.69) is 4.98 Å². The molecule has 0 radical (unpaired) electrons. The summed E-state index contributed by atoms with van der Waals surface area (Å²) in [5.41, 5.74) is 6.14. The van der Waals surface area contributed by atoms with Gasteiger partial charge in [-0.15, -0.1) is 0 Å². The molecular formula is C18H16N2O5. The normalized spacial score (nSPS) is 28.4. The fourth-order valence-electron chi connectivity index (χ4n) is 4.34. The molecule has 3 aliphatic rings. The SMILES string of the molecule is NC(=O)C1=C(O)C2C(=O)C3=C(O)c4cccnc4CC3CC2CC1=O. The van der Waals surface area contributed by atoms with Crippen LogP contribution in [0.25, 0.3) is 5.76 Å². The molecule has 4 N–H and O–H groups in total. The van der Waals surface area contributed by atoms with E-state index in [0.717, 1.165) is 0 Å². The Balaban J connectivity index is 1.85. The number of amides is 1. The highest BCUT2D eigenvalue weighted by Crippen LogP contribution is 2.48. The Morgan fingerprint density at radius 1 is 1.24 bits per heavy atom. The minimum atomic E-state index is -1.03. The van der Waals surface area contributed by atoms with E-state index in [9.17, 15) is 24.6 Å². The highest BCUT2D eigenvalue weighted by Gasteiger charge is 2.50. The van der Waals surface area contributed by atoms with Gasteiger partial charge in [0.15, 0.2) is 11.6 Å². The molecule has 0 saturated heterocycles. The van der Waals surface area contributed by atoms with Gasteiger partial charge in [-0.25, -0.2) is 0 Å². The monoisotopic (exact) mass is 340 g/mol. The Bertz CT molecular complexity index is 898. The molecule has 0 spiro atoms. The highest BCUT2D eigenvalue weighted by molar-refractivity contribution is 6.21. The first-order valence-corrected chi connectivity index (χ1v) is 8.07. The zero-order valence-electron chi connectivity index (χ0n) is 13.2. The van der Waals surface area contributed by atoms with Crippen LogP contribution in [0.3, 0.4) is 0 Å². The number of hydrogen-bond donors (Lipinski definition) is 3. The fourth-order valence-corrected chi connectivity index (χ4v) is 4.34. The Labute approximate surface area is 142 Å². The smallest absolute Gasteiger partial charge is 0.255 e. The summed E-state index contributed by atoms with van der Waals surface area (Å²) < 4.78 is 0. The summed E-state index contributed by atoms with van der Waals surface area (Å²) in [7, 11) is 0. The Kier molecular flexibility index (Phi) is 3.28. The summed E-state index contributed by atoms with van der Waals surface area (Å²) in [6, 6.07) is 3.36. The van der Waals surface area contributed by atoms with E-state index in [1.54, 1.807) is 18.3 Å². The number of Topliss-reactive ketones (excluding diaryl/α,β-unsaturated/α-hetero) is 2. The van der Waals surface area contributed by atoms with Crippen molar-refractivity contribution in [3.8, 4) is 0 Å². The molecule has 1 heterocycles. The molecule has 4 rings (SSSR count). The third-order valence-corrected chi connectivity index (χ3v) is 5.38. The third kappa shape index (κ3) is 2.12. The molecule has 25 heavy (non-hydrogen) atoms. The van der Waals surface area contributed by atoms with E-state index in [1.165, 1.54) is 0 Å². The van der Waals surface area contributed by atoms with E-state index < -0.39 is 40.6 Å². The van der Waals surface area contributed by atoms with Crippen LogP contribution < -0.4 is 5.73 Å². The first-order chi connectivity index (χ1) is 11.9. The molecule has 1 aromatic rings. The largest absolute Gasteiger partial charge is 0.511 e. The number of nitrogens with two attached hydrogens (primary N) is 1. The number of ketones is 2. The number of aliphatic hydroxyl groups excluding tert-OH is 2. The predicted octanol–water partition coefficient (Wildman–Crippen LogP) is 0.998. The van der Waals surface area contributed by atoms with Gasteiger partial charge in [0.05, 0.1) is 11.6 Å². The number of hydrogen-bond acceptors (Lipinski definition) is 6. The maximum Gasteiger partial charge on any atom is 0.255 e. The summed E-state index contributed by atoms with van der Waals surface area (Å²) >= 11 is 0. The van der Waals surface area contributed by atoms with Gasteiger partial charge in [0.25, 0.3) is 5.91 Å². The number of carbonyl (C=O) groups excluding carboxylic acids is 3. The first kappa shape index (κ1) is 15.6. The molecule has 0 aliphatic heterocycles. The average molecular weight is 340 g/mol. The van der Waals surface area contributed by atoms with Crippen molar-refractivity contribution in [1.82, 2.24) is 4.98 Å². The predicted molar refractivity (Wildman–Crippen MR) is 86.1 cm³/mol. The standard InChI is InChI=1S/C18H16N2O5/c19-18(25)14-11(21)6-8-4-7-5-10-9(2-1-3-20-10)15(22)12(7)16(23)13(8)17(14)24/h1-3,7-8,13,22,24H,4-6H2,(H2,19,25). The summed E-state index contributed by atoms with van der Waals surface area (Å²) in [6.45, 7) is 0. The van der Waals surface area contributed by atoms with E-state index in [4.69, 9.17) is 5.73 Å². The van der Waals surface area contributed by atoms with Gasteiger partial charge >= 0.3 is 0 Å². The lowest BCUT2D eigenvalue weighted by Gasteiger charge is -2.40. The topological polar surface area (TPSA) is 131 Å². The molecule has 7 nitrogen and oxygen atoms in total. The van der Waals surface area contributed by atoms with Crippen LogP contribution in [0.5, 0.6) is 0 Å². The van der Waals surface area contributed by atoms with Crippen LogP contribution >= 0.6 is 0 Å². The van der Waals surface area contributed by atoms with Crippen molar-refractivity contribution >= 4 is 23.2 Å². The second kappa shape index (κ2) is 5.27. The van der Waals surface area contributed by atoms with Gasteiger partial charge in [0.1, 0.15) is 17.1 Å². The van der Waals surface area contributed by atoms with Crippen LogP contribution in [0.1, 0.15) is 24.1 Å². The minimum absolute atomic E-state index is 0.0155. The Hall–Kier alpha value is -2.96. The Morgan fingerprint density at radius 2 is 2.00 bits per heavy atom. The van der Waals surface area contributed by atoms with Crippen molar-refractivity contribution in [3.63, 3.8) is 0 Å². The van der Waals surface area contributed by atoms with E-state index in [0.29, 0.717) is 24.1 Å². The van der Waals surface area contributed by atoms with E-state index in [-0.39, 0.29) is 23.7 Å². The number of primary amides is 1. The van der Waals surface area contributed by atoms with Gasteiger partial charge in [-0.05, 0) is 36.8 Å².